The van der Waals surface area contributed by atoms with Gasteiger partial charge in [0.2, 0.25) is 0 Å². The second kappa shape index (κ2) is 5.89. The molecule has 0 amide bonds. The van der Waals surface area contributed by atoms with Crippen LogP contribution in [-0.4, -0.2) is 6.54 Å². The molecule has 0 spiro atoms. The third kappa shape index (κ3) is 3.91. The van der Waals surface area contributed by atoms with E-state index in [1.165, 1.54) is 44.2 Å². The van der Waals surface area contributed by atoms with Crippen LogP contribution in [0.4, 0.5) is 15.8 Å². The summed E-state index contributed by atoms with van der Waals surface area (Å²) < 4.78 is 13.1. The zero-order valence-corrected chi connectivity index (χ0v) is 10.2. The van der Waals surface area contributed by atoms with Gasteiger partial charge >= 0.3 is 0 Å². The van der Waals surface area contributed by atoms with Gasteiger partial charge in [-0.25, -0.2) is 4.39 Å². The summed E-state index contributed by atoms with van der Waals surface area (Å²) in [6, 6.07) is 4.61. The fourth-order valence-electron chi connectivity index (χ4n) is 2.64. The van der Waals surface area contributed by atoms with Gasteiger partial charge in [0, 0.05) is 17.9 Å². The number of benzene rings is 1. The summed E-state index contributed by atoms with van der Waals surface area (Å²) in [6.07, 6.45) is 8.04. The molecule has 0 bridgehead atoms. The van der Waals surface area contributed by atoms with Crippen LogP contribution in [0.5, 0.6) is 0 Å². The third-order valence-electron chi connectivity index (χ3n) is 3.51. The van der Waals surface area contributed by atoms with Crippen LogP contribution in [0.15, 0.2) is 18.2 Å². The van der Waals surface area contributed by atoms with Gasteiger partial charge in [0.05, 0.1) is 0 Å². The molecular formula is C14H21FN2. The molecule has 1 aromatic carbocycles. The number of nitrogens with two attached hydrogens (primary N) is 1. The first kappa shape index (κ1) is 12.2. The Labute approximate surface area is 102 Å². The molecule has 3 N–H and O–H groups in total. The maximum Gasteiger partial charge on any atom is 0.127 e. The van der Waals surface area contributed by atoms with Gasteiger partial charge < -0.3 is 11.1 Å². The fourth-order valence-corrected chi connectivity index (χ4v) is 2.64. The van der Waals surface area contributed by atoms with E-state index >= 15 is 0 Å². The molecule has 1 fully saturated rings. The summed E-state index contributed by atoms with van der Waals surface area (Å²) in [4.78, 5) is 0. The van der Waals surface area contributed by atoms with E-state index in [4.69, 9.17) is 5.73 Å². The lowest BCUT2D eigenvalue weighted by atomic mass is 10.0. The van der Waals surface area contributed by atoms with E-state index in [0.29, 0.717) is 5.69 Å². The Balaban J connectivity index is 1.70. The Morgan fingerprint density at radius 1 is 1.24 bits per heavy atom. The zero-order chi connectivity index (χ0) is 12.1. The molecule has 0 aromatic heterocycles. The van der Waals surface area contributed by atoms with E-state index in [1.54, 1.807) is 6.07 Å². The van der Waals surface area contributed by atoms with Gasteiger partial charge in [0.15, 0.2) is 0 Å². The first-order valence-electron chi connectivity index (χ1n) is 6.54. The number of nitrogens with one attached hydrogen (secondary N) is 1. The second-order valence-electron chi connectivity index (χ2n) is 4.99. The first-order valence-corrected chi connectivity index (χ1v) is 6.54. The number of rotatable bonds is 5. The minimum atomic E-state index is -0.275. The van der Waals surface area contributed by atoms with E-state index in [1.807, 2.05) is 0 Å². The first-order chi connectivity index (χ1) is 8.24. The van der Waals surface area contributed by atoms with Crippen molar-refractivity contribution in [2.45, 2.75) is 38.5 Å². The highest BCUT2D eigenvalue weighted by Gasteiger charge is 2.13. The van der Waals surface area contributed by atoms with E-state index in [0.717, 1.165) is 24.6 Å². The SMILES string of the molecule is Nc1cc(F)cc(NCCCC2CCCC2)c1. The van der Waals surface area contributed by atoms with E-state index in [9.17, 15) is 4.39 Å². The van der Waals surface area contributed by atoms with Crippen LogP contribution in [0.3, 0.4) is 0 Å². The van der Waals surface area contributed by atoms with Crippen molar-refractivity contribution in [1.29, 1.82) is 0 Å². The predicted octanol–water partition coefficient (Wildman–Crippen LogP) is 3.79. The molecule has 0 heterocycles. The summed E-state index contributed by atoms with van der Waals surface area (Å²) in [5, 5.41) is 3.23. The van der Waals surface area contributed by atoms with Crippen molar-refractivity contribution in [3.05, 3.63) is 24.0 Å². The van der Waals surface area contributed by atoms with Crippen LogP contribution in [0.2, 0.25) is 0 Å². The molecule has 3 heteroatoms. The van der Waals surface area contributed by atoms with Crippen molar-refractivity contribution in [2.75, 3.05) is 17.6 Å². The molecule has 17 heavy (non-hydrogen) atoms. The van der Waals surface area contributed by atoms with Gasteiger partial charge in [-0.2, -0.15) is 0 Å². The molecule has 2 rings (SSSR count). The van der Waals surface area contributed by atoms with Gasteiger partial charge in [0.25, 0.3) is 0 Å². The number of halogens is 1. The largest absolute Gasteiger partial charge is 0.399 e. The monoisotopic (exact) mass is 236 g/mol. The molecule has 0 aliphatic heterocycles. The summed E-state index contributed by atoms with van der Waals surface area (Å²) in [5.74, 6) is 0.651. The lowest BCUT2D eigenvalue weighted by molar-refractivity contribution is 0.491. The lowest BCUT2D eigenvalue weighted by Gasteiger charge is -2.10. The van der Waals surface area contributed by atoms with Crippen LogP contribution in [0, 0.1) is 11.7 Å². The average molecular weight is 236 g/mol. The lowest BCUT2D eigenvalue weighted by Crippen LogP contribution is -2.04. The molecular weight excluding hydrogens is 215 g/mol. The van der Waals surface area contributed by atoms with E-state index < -0.39 is 0 Å². The Bertz CT molecular complexity index is 339. The highest BCUT2D eigenvalue weighted by Crippen LogP contribution is 2.28. The third-order valence-corrected chi connectivity index (χ3v) is 3.51. The van der Waals surface area contributed by atoms with Gasteiger partial charge in [-0.3, -0.25) is 0 Å². The zero-order valence-electron chi connectivity index (χ0n) is 10.2. The van der Waals surface area contributed by atoms with E-state index in [-0.39, 0.29) is 5.82 Å². The highest BCUT2D eigenvalue weighted by atomic mass is 19.1. The molecule has 0 atom stereocenters. The Kier molecular flexibility index (Phi) is 4.24. The maximum absolute atomic E-state index is 13.1. The summed E-state index contributed by atoms with van der Waals surface area (Å²) in [5.41, 5.74) is 6.84. The summed E-state index contributed by atoms with van der Waals surface area (Å²) in [7, 11) is 0. The molecule has 0 radical (unpaired) electrons. The Morgan fingerprint density at radius 2 is 2.00 bits per heavy atom. The molecule has 0 unspecified atom stereocenters. The quantitative estimate of drug-likeness (QED) is 0.603. The van der Waals surface area contributed by atoms with Gasteiger partial charge in [-0.15, -0.1) is 0 Å². The van der Waals surface area contributed by atoms with Crippen LogP contribution >= 0.6 is 0 Å². The highest BCUT2D eigenvalue weighted by molar-refractivity contribution is 5.54. The van der Waals surface area contributed by atoms with Crippen molar-refractivity contribution in [3.8, 4) is 0 Å². The van der Waals surface area contributed by atoms with Crippen LogP contribution in [-0.2, 0) is 0 Å². The van der Waals surface area contributed by atoms with Gasteiger partial charge in [-0.1, -0.05) is 25.7 Å². The van der Waals surface area contributed by atoms with E-state index in [2.05, 4.69) is 5.32 Å². The van der Waals surface area contributed by atoms with Crippen LogP contribution in [0.1, 0.15) is 38.5 Å². The molecule has 1 aliphatic carbocycles. The number of hydrogen-bond donors (Lipinski definition) is 2. The minimum absolute atomic E-state index is 0.275. The van der Waals surface area contributed by atoms with Gasteiger partial charge in [-0.05, 0) is 37.0 Å². The van der Waals surface area contributed by atoms with Crippen LogP contribution < -0.4 is 11.1 Å². The van der Waals surface area contributed by atoms with Crippen molar-refractivity contribution in [1.82, 2.24) is 0 Å². The normalized spacial score (nSPS) is 16.3. The van der Waals surface area contributed by atoms with Crippen molar-refractivity contribution < 1.29 is 4.39 Å². The maximum atomic E-state index is 13.1. The summed E-state index contributed by atoms with van der Waals surface area (Å²) >= 11 is 0. The molecule has 2 nitrogen and oxygen atoms in total. The summed E-state index contributed by atoms with van der Waals surface area (Å²) in [6.45, 7) is 0.902. The second-order valence-corrected chi connectivity index (χ2v) is 4.99. The smallest absolute Gasteiger partial charge is 0.127 e. The molecule has 1 saturated carbocycles. The molecule has 1 aliphatic rings. The predicted molar refractivity (Wildman–Crippen MR) is 70.5 cm³/mol. The Morgan fingerprint density at radius 3 is 2.71 bits per heavy atom. The van der Waals surface area contributed by atoms with Crippen LogP contribution in [0.25, 0.3) is 0 Å². The van der Waals surface area contributed by atoms with Crippen molar-refractivity contribution in [2.24, 2.45) is 5.92 Å². The van der Waals surface area contributed by atoms with Crippen molar-refractivity contribution >= 4 is 11.4 Å². The minimum Gasteiger partial charge on any atom is -0.399 e. The molecule has 0 saturated heterocycles. The number of nitrogen functional groups attached to an aromatic ring is 1. The standard InChI is InChI=1S/C14H21FN2/c15-12-8-13(16)10-14(9-12)17-7-3-6-11-4-1-2-5-11/h8-11,17H,1-7,16H2. The topological polar surface area (TPSA) is 38.0 Å². The Hall–Kier alpha value is -1.25. The average Bonchev–Trinajstić information content (AvgIpc) is 2.76. The fraction of sp³-hybridized carbons (Fsp3) is 0.571. The molecule has 1 aromatic rings. The number of hydrogen-bond acceptors (Lipinski definition) is 2. The molecule has 94 valence electrons. The number of anilines is 2. The van der Waals surface area contributed by atoms with Crippen molar-refractivity contribution in [3.63, 3.8) is 0 Å². The van der Waals surface area contributed by atoms with Gasteiger partial charge in [0.1, 0.15) is 5.82 Å².